The van der Waals surface area contributed by atoms with E-state index in [1.54, 1.807) is 25.1 Å². The molecule has 20 heavy (non-hydrogen) atoms. The van der Waals surface area contributed by atoms with Crippen LogP contribution < -0.4 is 5.32 Å². The Morgan fingerprint density at radius 1 is 1.20 bits per heavy atom. The lowest BCUT2D eigenvalue weighted by Crippen LogP contribution is -2.09. The summed E-state index contributed by atoms with van der Waals surface area (Å²) in [5.41, 5.74) is 0.278. The number of benzene rings is 2. The first-order chi connectivity index (χ1) is 9.47. The maximum absolute atomic E-state index is 13.6. The number of nitrogens with one attached hydrogen (secondary N) is 1. The molecular weight excluding hydrogens is 266 g/mol. The highest BCUT2D eigenvalue weighted by atomic mass is 19.1. The summed E-state index contributed by atoms with van der Waals surface area (Å²) in [7, 11) is 0. The molecule has 2 aromatic rings. The number of halogens is 2. The Hall–Kier alpha value is -2.50. The lowest BCUT2D eigenvalue weighted by molar-refractivity contribution is -0.385. The number of nitro groups is 1. The Bertz CT molecular complexity index is 647. The third-order valence-corrected chi connectivity index (χ3v) is 2.85. The molecular formula is C14H12F2N2O2. The number of hydrogen-bond donors (Lipinski definition) is 1. The van der Waals surface area contributed by atoms with E-state index >= 15 is 0 Å². The van der Waals surface area contributed by atoms with Crippen molar-refractivity contribution in [2.45, 2.75) is 13.0 Å². The number of non-ortho nitro benzene ring substituents is 1. The predicted octanol–water partition coefficient (Wildman–Crippen LogP) is 4.05. The van der Waals surface area contributed by atoms with E-state index in [9.17, 15) is 18.9 Å². The van der Waals surface area contributed by atoms with Crippen molar-refractivity contribution in [1.29, 1.82) is 0 Å². The van der Waals surface area contributed by atoms with E-state index in [0.717, 1.165) is 12.1 Å². The fraction of sp³-hybridized carbons (Fsp3) is 0.143. The highest BCUT2D eigenvalue weighted by Crippen LogP contribution is 2.25. The van der Waals surface area contributed by atoms with Crippen LogP contribution in [0.5, 0.6) is 0 Å². The lowest BCUT2D eigenvalue weighted by atomic mass is 10.1. The number of anilines is 1. The predicted molar refractivity (Wildman–Crippen MR) is 71.5 cm³/mol. The minimum atomic E-state index is -0.720. The van der Waals surface area contributed by atoms with Crippen molar-refractivity contribution in [2.75, 3.05) is 5.32 Å². The first-order valence-electron chi connectivity index (χ1n) is 5.93. The van der Waals surface area contributed by atoms with Gasteiger partial charge >= 0.3 is 0 Å². The zero-order chi connectivity index (χ0) is 14.7. The van der Waals surface area contributed by atoms with Crippen LogP contribution in [0.25, 0.3) is 0 Å². The van der Waals surface area contributed by atoms with Gasteiger partial charge in [0.1, 0.15) is 11.6 Å². The van der Waals surface area contributed by atoms with E-state index in [1.165, 1.54) is 12.1 Å². The highest BCUT2D eigenvalue weighted by molar-refractivity contribution is 5.52. The van der Waals surface area contributed by atoms with Gasteiger partial charge in [-0.25, -0.2) is 8.78 Å². The molecule has 1 unspecified atom stereocenters. The van der Waals surface area contributed by atoms with Gasteiger partial charge in [-0.3, -0.25) is 10.1 Å². The average molecular weight is 278 g/mol. The Morgan fingerprint density at radius 3 is 2.55 bits per heavy atom. The van der Waals surface area contributed by atoms with Gasteiger partial charge in [-0.15, -0.1) is 0 Å². The normalized spacial score (nSPS) is 11.9. The summed E-state index contributed by atoms with van der Waals surface area (Å²) in [4.78, 5) is 9.99. The van der Waals surface area contributed by atoms with Crippen molar-refractivity contribution in [3.8, 4) is 0 Å². The molecule has 0 saturated heterocycles. The van der Waals surface area contributed by atoms with E-state index in [0.29, 0.717) is 5.56 Å². The SMILES string of the molecule is CC(Nc1cc(F)cc([N+](=O)[O-])c1)c1ccccc1F. The van der Waals surface area contributed by atoms with Crippen molar-refractivity contribution in [3.63, 3.8) is 0 Å². The largest absolute Gasteiger partial charge is 0.378 e. The van der Waals surface area contributed by atoms with Crippen molar-refractivity contribution in [1.82, 2.24) is 0 Å². The van der Waals surface area contributed by atoms with E-state index in [1.807, 2.05) is 0 Å². The lowest BCUT2D eigenvalue weighted by Gasteiger charge is -2.16. The number of hydrogen-bond acceptors (Lipinski definition) is 3. The average Bonchev–Trinajstić information content (AvgIpc) is 2.38. The van der Waals surface area contributed by atoms with Gasteiger partial charge in [-0.05, 0) is 19.1 Å². The molecule has 2 rings (SSSR count). The van der Waals surface area contributed by atoms with Gasteiger partial charge in [0.05, 0.1) is 17.0 Å². The van der Waals surface area contributed by atoms with Crippen molar-refractivity contribution in [3.05, 3.63) is 69.8 Å². The van der Waals surface area contributed by atoms with E-state index < -0.39 is 22.6 Å². The summed E-state index contributed by atoms with van der Waals surface area (Å²) in [6.07, 6.45) is 0. The van der Waals surface area contributed by atoms with Crippen molar-refractivity contribution < 1.29 is 13.7 Å². The fourth-order valence-electron chi connectivity index (χ4n) is 1.92. The summed E-state index contributed by atoms with van der Waals surface area (Å²) < 4.78 is 26.9. The Morgan fingerprint density at radius 2 is 1.90 bits per heavy atom. The summed E-state index contributed by atoms with van der Waals surface area (Å²) in [6.45, 7) is 1.69. The van der Waals surface area contributed by atoms with E-state index in [4.69, 9.17) is 0 Å². The monoisotopic (exact) mass is 278 g/mol. The van der Waals surface area contributed by atoms with Crippen LogP contribution in [0.4, 0.5) is 20.2 Å². The molecule has 0 spiro atoms. The smallest absolute Gasteiger partial charge is 0.274 e. The zero-order valence-corrected chi connectivity index (χ0v) is 10.6. The fourth-order valence-corrected chi connectivity index (χ4v) is 1.92. The molecule has 6 heteroatoms. The molecule has 0 fully saturated rings. The second kappa shape index (κ2) is 5.64. The third kappa shape index (κ3) is 3.09. The molecule has 0 aromatic heterocycles. The molecule has 0 aliphatic heterocycles. The van der Waals surface area contributed by atoms with Gasteiger partial charge in [0.2, 0.25) is 0 Å². The first-order valence-corrected chi connectivity index (χ1v) is 5.93. The Labute approximate surface area is 114 Å². The maximum Gasteiger partial charge on any atom is 0.274 e. The summed E-state index contributed by atoms with van der Waals surface area (Å²) in [5, 5.41) is 13.5. The number of nitro benzene ring substituents is 1. The van der Waals surface area contributed by atoms with Crippen LogP contribution in [-0.4, -0.2) is 4.92 Å². The van der Waals surface area contributed by atoms with Crippen LogP contribution in [0.3, 0.4) is 0 Å². The summed E-state index contributed by atoms with van der Waals surface area (Å²) in [6, 6.07) is 8.90. The molecule has 4 nitrogen and oxygen atoms in total. The molecule has 0 saturated carbocycles. The quantitative estimate of drug-likeness (QED) is 0.678. The molecule has 0 bridgehead atoms. The van der Waals surface area contributed by atoms with Gasteiger partial charge in [0.25, 0.3) is 5.69 Å². The van der Waals surface area contributed by atoms with Crippen LogP contribution in [0.1, 0.15) is 18.5 Å². The van der Waals surface area contributed by atoms with E-state index in [-0.39, 0.29) is 11.4 Å². The molecule has 0 aliphatic rings. The second-order valence-corrected chi connectivity index (χ2v) is 4.34. The minimum Gasteiger partial charge on any atom is -0.378 e. The Balaban J connectivity index is 2.26. The molecule has 0 amide bonds. The molecule has 2 aromatic carbocycles. The molecule has 0 aliphatic carbocycles. The van der Waals surface area contributed by atoms with Crippen LogP contribution in [0.2, 0.25) is 0 Å². The summed E-state index contributed by atoms with van der Waals surface area (Å²) >= 11 is 0. The highest BCUT2D eigenvalue weighted by Gasteiger charge is 2.14. The summed E-state index contributed by atoms with van der Waals surface area (Å²) in [5.74, 6) is -1.11. The number of nitrogens with zero attached hydrogens (tertiary/aromatic N) is 1. The standard InChI is InChI=1S/C14H12F2N2O2/c1-9(13-4-2-3-5-14(13)16)17-11-6-10(15)7-12(8-11)18(19)20/h2-9,17H,1H3. The minimum absolute atomic E-state index is 0.229. The zero-order valence-electron chi connectivity index (χ0n) is 10.6. The molecule has 1 atom stereocenters. The molecule has 0 radical (unpaired) electrons. The van der Waals surface area contributed by atoms with Crippen LogP contribution >= 0.6 is 0 Å². The van der Waals surface area contributed by atoms with Gasteiger partial charge in [-0.1, -0.05) is 18.2 Å². The van der Waals surface area contributed by atoms with Gasteiger partial charge in [-0.2, -0.15) is 0 Å². The molecule has 104 valence electrons. The van der Waals surface area contributed by atoms with Crippen LogP contribution in [-0.2, 0) is 0 Å². The van der Waals surface area contributed by atoms with Gasteiger partial charge in [0.15, 0.2) is 0 Å². The second-order valence-electron chi connectivity index (χ2n) is 4.34. The van der Waals surface area contributed by atoms with E-state index in [2.05, 4.69) is 5.32 Å². The van der Waals surface area contributed by atoms with Crippen LogP contribution in [0.15, 0.2) is 42.5 Å². The number of rotatable bonds is 4. The third-order valence-electron chi connectivity index (χ3n) is 2.85. The molecule has 0 heterocycles. The first kappa shape index (κ1) is 13.9. The van der Waals surface area contributed by atoms with Crippen LogP contribution in [0, 0.1) is 21.7 Å². The van der Waals surface area contributed by atoms with Gasteiger partial charge < -0.3 is 5.32 Å². The van der Waals surface area contributed by atoms with Gasteiger partial charge in [0, 0.05) is 17.3 Å². The maximum atomic E-state index is 13.6. The Kier molecular flexibility index (Phi) is 3.93. The molecule has 1 N–H and O–H groups in total. The van der Waals surface area contributed by atoms with Crippen molar-refractivity contribution >= 4 is 11.4 Å². The van der Waals surface area contributed by atoms with Crippen molar-refractivity contribution in [2.24, 2.45) is 0 Å². The topological polar surface area (TPSA) is 55.2 Å².